The summed E-state index contributed by atoms with van der Waals surface area (Å²) in [7, 11) is 0. The van der Waals surface area contributed by atoms with Gasteiger partial charge in [0.25, 0.3) is 0 Å². The maximum atomic E-state index is 13.4. The number of fused-ring (bicyclic) bond motifs is 1. The molecular weight excluding hydrogens is 402 g/mol. The second-order valence-corrected chi connectivity index (χ2v) is 8.43. The number of carbonyl (C=O) groups is 2. The minimum absolute atomic E-state index is 0.0612. The van der Waals surface area contributed by atoms with Crippen molar-refractivity contribution in [2.45, 2.75) is 39.0 Å². The van der Waals surface area contributed by atoms with Gasteiger partial charge < -0.3 is 9.67 Å². The summed E-state index contributed by atoms with van der Waals surface area (Å²) in [5.74, 6) is -0.715. The number of Topliss-reactive ketones (excluding diaryl/α,β-unsaturated/α-hetero) is 1. The van der Waals surface area contributed by atoms with Crippen LogP contribution < -0.4 is 0 Å². The molecule has 4 rings (SSSR count). The van der Waals surface area contributed by atoms with Crippen molar-refractivity contribution >= 4 is 28.3 Å². The van der Waals surface area contributed by atoms with Gasteiger partial charge in [-0.25, -0.2) is 4.85 Å². The number of piperidine rings is 1. The van der Waals surface area contributed by atoms with Crippen molar-refractivity contribution in [2.24, 2.45) is 0 Å². The number of hydrogen-bond donors (Lipinski definition) is 1. The van der Waals surface area contributed by atoms with Crippen LogP contribution in [0, 0.1) is 13.5 Å². The molecule has 1 aromatic heterocycles. The first-order valence-electron chi connectivity index (χ1n) is 11.1. The fourth-order valence-corrected chi connectivity index (χ4v) is 4.63. The summed E-state index contributed by atoms with van der Waals surface area (Å²) in [6.07, 6.45) is 3.99. The molecule has 0 bridgehead atoms. The van der Waals surface area contributed by atoms with Crippen LogP contribution in [0.15, 0.2) is 42.5 Å². The van der Waals surface area contributed by atoms with Crippen LogP contribution in [-0.2, 0) is 11.2 Å². The molecule has 3 aromatic rings. The normalized spacial score (nSPS) is 14.4. The molecule has 6 nitrogen and oxygen atoms in total. The molecule has 0 atom stereocenters. The number of benzene rings is 2. The monoisotopic (exact) mass is 429 g/mol. The van der Waals surface area contributed by atoms with E-state index in [1.165, 1.54) is 6.42 Å². The van der Waals surface area contributed by atoms with E-state index in [1.54, 1.807) is 12.1 Å². The number of carbonyl (C=O) groups excluding carboxylic acids is 1. The smallest absolute Gasteiger partial charge is 0.303 e. The fourth-order valence-electron chi connectivity index (χ4n) is 4.63. The minimum Gasteiger partial charge on any atom is -0.481 e. The van der Waals surface area contributed by atoms with E-state index >= 15 is 0 Å². The zero-order chi connectivity index (χ0) is 22.7. The fraction of sp³-hybridized carbons (Fsp3) is 0.346. The number of rotatable bonds is 7. The van der Waals surface area contributed by atoms with Gasteiger partial charge in [0.05, 0.1) is 18.6 Å². The summed E-state index contributed by atoms with van der Waals surface area (Å²) >= 11 is 0. The Balaban J connectivity index is 1.80. The maximum absolute atomic E-state index is 13.4. The molecule has 0 saturated carbocycles. The molecule has 0 radical (unpaired) electrons. The molecule has 164 valence electrons. The van der Waals surface area contributed by atoms with E-state index < -0.39 is 5.97 Å². The van der Waals surface area contributed by atoms with Crippen molar-refractivity contribution in [3.05, 3.63) is 70.7 Å². The van der Waals surface area contributed by atoms with Crippen LogP contribution in [0.5, 0.6) is 0 Å². The lowest BCUT2D eigenvalue weighted by atomic mass is 10.0. The van der Waals surface area contributed by atoms with Gasteiger partial charge in [-0.1, -0.05) is 30.7 Å². The standard InChI is InChI=1S/C26H27N3O3/c1-18-26(24(30)17-28-14-4-3-5-15-28)22-12-6-19(7-13-25(31)32)16-23(22)29(18)21-10-8-20(27-2)9-11-21/h6,8-12,16H,3-5,7,13-15,17H2,1H3,(H,31,32). The van der Waals surface area contributed by atoms with E-state index in [1.807, 2.05) is 37.3 Å². The van der Waals surface area contributed by atoms with Crippen molar-refractivity contribution in [3.8, 4) is 5.69 Å². The van der Waals surface area contributed by atoms with Crippen molar-refractivity contribution in [1.82, 2.24) is 9.47 Å². The molecule has 1 aliphatic rings. The second kappa shape index (κ2) is 9.37. The highest BCUT2D eigenvalue weighted by Gasteiger charge is 2.23. The lowest BCUT2D eigenvalue weighted by Gasteiger charge is -2.25. The van der Waals surface area contributed by atoms with Crippen molar-refractivity contribution in [2.75, 3.05) is 19.6 Å². The van der Waals surface area contributed by atoms with Gasteiger partial charge in [0, 0.05) is 28.8 Å². The SMILES string of the molecule is [C-]#[N+]c1ccc(-n2c(C)c(C(=O)CN3CCCCC3)c3ccc(CCC(=O)O)cc32)cc1. The number of aromatic nitrogens is 1. The van der Waals surface area contributed by atoms with Crippen LogP contribution in [0.3, 0.4) is 0 Å². The molecule has 0 spiro atoms. The van der Waals surface area contributed by atoms with Gasteiger partial charge in [-0.05, 0) is 63.0 Å². The molecule has 6 heteroatoms. The van der Waals surface area contributed by atoms with E-state index in [9.17, 15) is 9.59 Å². The number of aliphatic carboxylic acids is 1. The Labute approximate surface area is 187 Å². The van der Waals surface area contributed by atoms with Crippen LogP contribution in [0.4, 0.5) is 5.69 Å². The molecule has 32 heavy (non-hydrogen) atoms. The summed E-state index contributed by atoms with van der Waals surface area (Å²) in [5, 5.41) is 9.95. The Morgan fingerprint density at radius 1 is 1.06 bits per heavy atom. The van der Waals surface area contributed by atoms with Crippen LogP contribution in [0.2, 0.25) is 0 Å². The number of likely N-dealkylation sites (tertiary alicyclic amines) is 1. The van der Waals surface area contributed by atoms with Crippen molar-refractivity contribution in [1.29, 1.82) is 0 Å². The Hall–Kier alpha value is -3.43. The molecule has 2 aromatic carbocycles. The molecule has 0 aliphatic carbocycles. The van der Waals surface area contributed by atoms with Gasteiger partial charge in [0.2, 0.25) is 0 Å². The third kappa shape index (κ3) is 4.44. The second-order valence-electron chi connectivity index (χ2n) is 8.43. The van der Waals surface area contributed by atoms with Crippen LogP contribution >= 0.6 is 0 Å². The molecular formula is C26H27N3O3. The first-order chi connectivity index (χ1) is 15.5. The molecule has 2 heterocycles. The van der Waals surface area contributed by atoms with Crippen molar-refractivity contribution in [3.63, 3.8) is 0 Å². The summed E-state index contributed by atoms with van der Waals surface area (Å²) in [6, 6.07) is 13.2. The predicted molar refractivity (Wildman–Crippen MR) is 125 cm³/mol. The number of carboxylic acids is 1. The Kier molecular flexibility index (Phi) is 6.38. The minimum atomic E-state index is -0.830. The number of carboxylic acid groups (broad SMARTS) is 1. The van der Waals surface area contributed by atoms with E-state index in [4.69, 9.17) is 11.7 Å². The van der Waals surface area contributed by atoms with Gasteiger partial charge in [-0.3, -0.25) is 14.5 Å². The number of nitrogens with zero attached hydrogens (tertiary/aromatic N) is 3. The van der Waals surface area contributed by atoms with E-state index in [2.05, 4.69) is 14.3 Å². The van der Waals surface area contributed by atoms with Gasteiger partial charge in [0.1, 0.15) is 0 Å². The van der Waals surface area contributed by atoms with Crippen LogP contribution in [-0.4, -0.2) is 46.0 Å². The summed E-state index contributed by atoms with van der Waals surface area (Å²) in [4.78, 5) is 30.2. The first-order valence-corrected chi connectivity index (χ1v) is 11.1. The first kappa shape index (κ1) is 21.8. The largest absolute Gasteiger partial charge is 0.481 e. The Morgan fingerprint density at radius 2 is 1.78 bits per heavy atom. The van der Waals surface area contributed by atoms with E-state index in [0.29, 0.717) is 18.7 Å². The average molecular weight is 430 g/mol. The van der Waals surface area contributed by atoms with Gasteiger partial charge in [0.15, 0.2) is 11.5 Å². The van der Waals surface area contributed by atoms with Gasteiger partial charge in [-0.15, -0.1) is 0 Å². The zero-order valence-corrected chi connectivity index (χ0v) is 18.3. The van der Waals surface area contributed by atoms with Gasteiger partial charge in [-0.2, -0.15) is 0 Å². The van der Waals surface area contributed by atoms with E-state index in [-0.39, 0.29) is 12.2 Å². The Bertz CT molecular complexity index is 1200. The molecule has 0 unspecified atom stereocenters. The van der Waals surface area contributed by atoms with Gasteiger partial charge >= 0.3 is 5.97 Å². The highest BCUT2D eigenvalue weighted by atomic mass is 16.4. The lowest BCUT2D eigenvalue weighted by Crippen LogP contribution is -2.34. The summed E-state index contributed by atoms with van der Waals surface area (Å²) < 4.78 is 2.05. The topological polar surface area (TPSA) is 66.9 Å². The summed E-state index contributed by atoms with van der Waals surface area (Å²) in [5.41, 5.74) is 4.85. The quantitative estimate of drug-likeness (QED) is 0.415. The van der Waals surface area contributed by atoms with Crippen LogP contribution in [0.1, 0.15) is 47.3 Å². The highest BCUT2D eigenvalue weighted by Crippen LogP contribution is 2.32. The lowest BCUT2D eigenvalue weighted by molar-refractivity contribution is -0.136. The summed E-state index contributed by atoms with van der Waals surface area (Å²) in [6.45, 7) is 11.5. The van der Waals surface area contributed by atoms with E-state index in [0.717, 1.165) is 59.3 Å². The third-order valence-electron chi connectivity index (χ3n) is 6.23. The average Bonchev–Trinajstić information content (AvgIpc) is 3.09. The number of ketones is 1. The maximum Gasteiger partial charge on any atom is 0.303 e. The molecule has 1 aliphatic heterocycles. The molecule has 1 N–H and O–H groups in total. The van der Waals surface area contributed by atoms with Crippen molar-refractivity contribution < 1.29 is 14.7 Å². The van der Waals surface area contributed by atoms with Crippen LogP contribution in [0.25, 0.3) is 21.4 Å². The predicted octanol–water partition coefficient (Wildman–Crippen LogP) is 5.18. The zero-order valence-electron chi connectivity index (χ0n) is 18.3. The molecule has 0 amide bonds. The highest BCUT2D eigenvalue weighted by molar-refractivity contribution is 6.11. The third-order valence-corrected chi connectivity index (χ3v) is 6.23. The molecule has 1 saturated heterocycles. The Morgan fingerprint density at radius 3 is 2.44 bits per heavy atom. The number of hydrogen-bond acceptors (Lipinski definition) is 3. The number of aryl methyl sites for hydroxylation is 1. The molecule has 1 fully saturated rings.